The zero-order chi connectivity index (χ0) is 14.8. The summed E-state index contributed by atoms with van der Waals surface area (Å²) in [6, 6.07) is 6.98. The number of nitrogens with zero attached hydrogens (tertiary/aromatic N) is 2. The molecule has 20 heavy (non-hydrogen) atoms. The maximum Gasteiger partial charge on any atom is 0.210 e. The lowest BCUT2D eigenvalue weighted by atomic mass is 10.2. The lowest BCUT2D eigenvalue weighted by Gasteiger charge is -2.03. The van der Waals surface area contributed by atoms with Gasteiger partial charge >= 0.3 is 0 Å². The van der Waals surface area contributed by atoms with Crippen molar-refractivity contribution in [2.75, 3.05) is 13.2 Å². The van der Waals surface area contributed by atoms with Crippen LogP contribution in [0.1, 0.15) is 12.5 Å². The summed E-state index contributed by atoms with van der Waals surface area (Å²) in [4.78, 5) is 0.527. The van der Waals surface area contributed by atoms with Gasteiger partial charge in [-0.1, -0.05) is 34.5 Å². The zero-order valence-corrected chi connectivity index (χ0v) is 13.8. The molecule has 0 saturated heterocycles. The van der Waals surface area contributed by atoms with Gasteiger partial charge in [0.15, 0.2) is 0 Å². The van der Waals surface area contributed by atoms with Crippen LogP contribution >= 0.6 is 34.2 Å². The van der Waals surface area contributed by atoms with Crippen molar-refractivity contribution < 1.29 is 9.60 Å². The van der Waals surface area contributed by atoms with Crippen LogP contribution in [0, 0.1) is 15.1 Å². The molecule has 1 aromatic rings. The van der Waals surface area contributed by atoms with E-state index in [1.54, 1.807) is 25.1 Å². The van der Waals surface area contributed by atoms with Gasteiger partial charge in [0.25, 0.3) is 0 Å². The van der Waals surface area contributed by atoms with Crippen LogP contribution in [0.15, 0.2) is 35.6 Å². The molecule has 1 atom stereocenters. The monoisotopic (exact) mass is 404 g/mol. The fourth-order valence-corrected chi connectivity index (χ4v) is 1.69. The highest BCUT2D eigenvalue weighted by Crippen LogP contribution is 2.11. The minimum absolute atomic E-state index is 0.229. The average molecular weight is 405 g/mol. The molecule has 1 unspecified atom stereocenters. The van der Waals surface area contributed by atoms with Gasteiger partial charge in [-0.15, -0.1) is 0 Å². The van der Waals surface area contributed by atoms with Crippen molar-refractivity contribution in [1.29, 1.82) is 0 Å². The van der Waals surface area contributed by atoms with Gasteiger partial charge in [-0.05, 0) is 33.7 Å². The largest absolute Gasteiger partial charge is 0.595 e. The number of azo groups is 1. The van der Waals surface area contributed by atoms with Crippen molar-refractivity contribution in [3.63, 3.8) is 0 Å². The van der Waals surface area contributed by atoms with E-state index in [1.807, 2.05) is 34.7 Å². The second-order valence-corrected chi connectivity index (χ2v) is 4.90. The summed E-state index contributed by atoms with van der Waals surface area (Å²) in [6.07, 6.45) is 2.99. The Morgan fingerprint density at radius 1 is 1.60 bits per heavy atom. The molecule has 0 bridgehead atoms. The quantitative estimate of drug-likeness (QED) is 0.179. The SMILES string of the molecule is CC(COCC#CI)N=[N+]([O-])/C=C/c1cccc(Cl)c1. The van der Waals surface area contributed by atoms with Crippen LogP contribution in [0.3, 0.4) is 0 Å². The summed E-state index contributed by atoms with van der Waals surface area (Å²) in [5.74, 6) is 2.76. The Hall–Kier alpha value is -1.10. The highest BCUT2D eigenvalue weighted by atomic mass is 127. The van der Waals surface area contributed by atoms with E-state index in [0.29, 0.717) is 23.1 Å². The van der Waals surface area contributed by atoms with Crippen molar-refractivity contribution in [1.82, 2.24) is 0 Å². The summed E-state index contributed by atoms with van der Waals surface area (Å²) in [5, 5.41) is 16.1. The molecule has 106 valence electrons. The average Bonchev–Trinajstić information content (AvgIpc) is 2.41. The Kier molecular flexibility index (Phi) is 8.26. The highest BCUT2D eigenvalue weighted by Gasteiger charge is 2.03. The van der Waals surface area contributed by atoms with Crippen LogP contribution in [-0.2, 0) is 4.74 Å². The Bertz CT molecular complexity index is 550. The van der Waals surface area contributed by atoms with E-state index >= 15 is 0 Å². The molecule has 1 rings (SSSR count). The van der Waals surface area contributed by atoms with Crippen molar-refractivity contribution >= 4 is 40.3 Å². The topological polar surface area (TPSA) is 47.7 Å². The van der Waals surface area contributed by atoms with Crippen LogP contribution in [0.25, 0.3) is 6.08 Å². The van der Waals surface area contributed by atoms with Gasteiger partial charge in [0, 0.05) is 33.7 Å². The Morgan fingerprint density at radius 2 is 2.40 bits per heavy atom. The standard InChI is InChI=1S/C14H14ClIN2O2/c1-12(11-20-9-3-7-16)17-18(19)8-6-13-4-2-5-14(15)10-13/h2,4-6,8,10,12H,9,11H2,1H3/b8-6+,18-17?. The fourth-order valence-electron chi connectivity index (χ4n) is 1.33. The number of benzene rings is 1. The molecule has 0 saturated carbocycles. The third kappa shape index (κ3) is 7.48. The minimum Gasteiger partial charge on any atom is -0.595 e. The molecular formula is C14H14ClIN2O2. The Balaban J connectivity index is 2.49. The minimum atomic E-state index is -0.229. The molecule has 0 N–H and O–H groups in total. The summed E-state index contributed by atoms with van der Waals surface area (Å²) < 4.78 is 7.93. The van der Waals surface area contributed by atoms with E-state index in [-0.39, 0.29) is 6.04 Å². The summed E-state index contributed by atoms with van der Waals surface area (Å²) in [7, 11) is 0. The maximum atomic E-state index is 11.5. The first-order valence-electron chi connectivity index (χ1n) is 5.89. The number of hydrogen-bond acceptors (Lipinski definition) is 3. The first kappa shape index (κ1) is 17.0. The van der Waals surface area contributed by atoms with Crippen molar-refractivity contribution in [2.45, 2.75) is 13.0 Å². The summed E-state index contributed by atoms with van der Waals surface area (Å²) in [6.45, 7) is 2.50. The predicted octanol–water partition coefficient (Wildman–Crippen LogP) is 4.07. The third-order valence-electron chi connectivity index (χ3n) is 2.15. The first-order valence-corrected chi connectivity index (χ1v) is 7.34. The van der Waals surface area contributed by atoms with Crippen LogP contribution < -0.4 is 0 Å². The molecule has 0 aliphatic heterocycles. The summed E-state index contributed by atoms with van der Waals surface area (Å²) >= 11 is 7.79. The van der Waals surface area contributed by atoms with Crippen LogP contribution in [-0.4, -0.2) is 24.1 Å². The smallest absolute Gasteiger partial charge is 0.210 e. The van der Waals surface area contributed by atoms with Gasteiger partial charge < -0.3 is 9.94 Å². The lowest BCUT2D eigenvalue weighted by molar-refractivity contribution is -0.461. The molecule has 0 amide bonds. The second kappa shape index (κ2) is 9.75. The predicted molar refractivity (Wildman–Crippen MR) is 88.6 cm³/mol. The molecule has 4 nitrogen and oxygen atoms in total. The molecule has 0 aliphatic rings. The van der Waals surface area contributed by atoms with Gasteiger partial charge in [0.1, 0.15) is 12.6 Å². The van der Waals surface area contributed by atoms with Crippen molar-refractivity contribution in [3.8, 4) is 9.85 Å². The normalized spacial score (nSPS) is 13.1. The fraction of sp³-hybridized carbons (Fsp3) is 0.286. The van der Waals surface area contributed by atoms with Gasteiger partial charge in [-0.25, -0.2) is 0 Å². The Morgan fingerprint density at radius 3 is 3.10 bits per heavy atom. The van der Waals surface area contributed by atoms with Crippen LogP contribution in [0.4, 0.5) is 0 Å². The van der Waals surface area contributed by atoms with Gasteiger partial charge in [0.05, 0.1) is 6.61 Å². The molecule has 0 radical (unpaired) electrons. The number of halogens is 2. The van der Waals surface area contributed by atoms with Crippen LogP contribution in [0.2, 0.25) is 5.02 Å². The molecule has 0 spiro atoms. The number of hydroxylamine groups is 1. The van der Waals surface area contributed by atoms with E-state index in [1.165, 1.54) is 6.20 Å². The maximum absolute atomic E-state index is 11.5. The molecule has 1 aromatic carbocycles. The number of ether oxygens (including phenoxy) is 1. The van der Waals surface area contributed by atoms with Crippen molar-refractivity contribution in [2.24, 2.45) is 5.11 Å². The molecule has 6 heteroatoms. The number of rotatable bonds is 6. The lowest BCUT2D eigenvalue weighted by Crippen LogP contribution is -2.11. The summed E-state index contributed by atoms with van der Waals surface area (Å²) in [5.41, 5.74) is 0.842. The molecule has 0 aromatic heterocycles. The molecule has 0 aliphatic carbocycles. The van der Waals surface area contributed by atoms with E-state index in [9.17, 15) is 5.21 Å². The van der Waals surface area contributed by atoms with Crippen molar-refractivity contribution in [3.05, 3.63) is 46.3 Å². The third-order valence-corrected chi connectivity index (χ3v) is 2.77. The molecule has 0 fully saturated rings. The van der Waals surface area contributed by atoms with Crippen LogP contribution in [0.5, 0.6) is 0 Å². The first-order chi connectivity index (χ1) is 9.61. The molecular weight excluding hydrogens is 391 g/mol. The van der Waals surface area contributed by atoms with E-state index in [2.05, 4.69) is 15.0 Å². The van der Waals surface area contributed by atoms with E-state index < -0.39 is 0 Å². The van der Waals surface area contributed by atoms with E-state index in [0.717, 1.165) is 5.56 Å². The second-order valence-electron chi connectivity index (χ2n) is 3.92. The Labute approximate surface area is 137 Å². The number of hydrogen-bond donors (Lipinski definition) is 0. The molecule has 0 heterocycles. The van der Waals surface area contributed by atoms with Gasteiger partial charge in [0.2, 0.25) is 6.20 Å². The van der Waals surface area contributed by atoms with Gasteiger partial charge in [-0.2, -0.15) is 0 Å². The van der Waals surface area contributed by atoms with Gasteiger partial charge in [-0.3, -0.25) is 0 Å². The highest BCUT2D eigenvalue weighted by molar-refractivity contribution is 14.1. The van der Waals surface area contributed by atoms with E-state index in [4.69, 9.17) is 16.3 Å². The zero-order valence-electron chi connectivity index (χ0n) is 10.9.